The molecule has 0 aliphatic rings. The first-order valence-electron chi connectivity index (χ1n) is 3.77. The van der Waals surface area contributed by atoms with Gasteiger partial charge in [-0.05, 0) is 6.42 Å². The molecule has 0 aromatic carbocycles. The Balaban J connectivity index is 2.86. The van der Waals surface area contributed by atoms with E-state index in [2.05, 4.69) is 18.2 Å². The van der Waals surface area contributed by atoms with Crippen LogP contribution in [0.25, 0.3) is 0 Å². The van der Waals surface area contributed by atoms with Crippen LogP contribution in [0.5, 0.6) is 5.88 Å². The third kappa shape index (κ3) is 1.53. The van der Waals surface area contributed by atoms with Gasteiger partial charge >= 0.3 is 0 Å². The molecule has 61 valence electrons. The smallest absolute Gasteiger partial charge is 0.215 e. The van der Waals surface area contributed by atoms with Crippen LogP contribution in [0.3, 0.4) is 0 Å². The predicted molar refractivity (Wildman–Crippen MR) is 42.6 cm³/mol. The lowest BCUT2D eigenvalue weighted by molar-refractivity contribution is 0.369. The molecule has 1 heterocycles. The van der Waals surface area contributed by atoms with Crippen LogP contribution in [0.1, 0.15) is 18.9 Å². The lowest BCUT2D eigenvalue weighted by Gasteiger charge is -2.01. The van der Waals surface area contributed by atoms with Crippen LogP contribution in [0.2, 0.25) is 0 Å². The van der Waals surface area contributed by atoms with Crippen molar-refractivity contribution in [2.75, 3.05) is 7.11 Å². The Labute approximate surface area is 67.0 Å². The molecule has 1 radical (unpaired) electrons. The van der Waals surface area contributed by atoms with E-state index in [1.165, 1.54) is 0 Å². The summed E-state index contributed by atoms with van der Waals surface area (Å²) in [5, 5.41) is 3.97. The van der Waals surface area contributed by atoms with Crippen molar-refractivity contribution in [2.45, 2.75) is 19.8 Å². The molecule has 0 saturated heterocycles. The molecule has 3 nitrogen and oxygen atoms in total. The van der Waals surface area contributed by atoms with Gasteiger partial charge < -0.3 is 4.74 Å². The summed E-state index contributed by atoms with van der Waals surface area (Å²) in [6.07, 6.45) is 4.99. The standard InChI is InChI=1S/C8H13N2O/c1-4-5-7-6-9-10(2)8(7)11-3/h4-5H2,1-3H3. The monoisotopic (exact) mass is 153 g/mol. The number of methoxy groups -OCH3 is 1. The van der Waals surface area contributed by atoms with Crippen molar-refractivity contribution in [1.82, 2.24) is 9.78 Å². The first-order chi connectivity index (χ1) is 5.29. The van der Waals surface area contributed by atoms with Crippen LogP contribution in [-0.4, -0.2) is 16.9 Å². The van der Waals surface area contributed by atoms with E-state index in [9.17, 15) is 0 Å². The van der Waals surface area contributed by atoms with Crippen molar-refractivity contribution in [1.29, 1.82) is 0 Å². The molecule has 0 atom stereocenters. The molecular weight excluding hydrogens is 140 g/mol. The molecule has 11 heavy (non-hydrogen) atoms. The predicted octanol–water partition coefficient (Wildman–Crippen LogP) is 1.18. The highest BCUT2D eigenvalue weighted by atomic mass is 16.5. The van der Waals surface area contributed by atoms with Crippen LogP contribution in [-0.2, 0) is 13.5 Å². The molecular formula is C8H13N2O. The van der Waals surface area contributed by atoms with Gasteiger partial charge in [-0.2, -0.15) is 5.10 Å². The maximum atomic E-state index is 5.14. The fourth-order valence-electron chi connectivity index (χ4n) is 1.09. The van der Waals surface area contributed by atoms with E-state index >= 15 is 0 Å². The second-order valence-electron chi connectivity index (χ2n) is 2.47. The number of hydrogen-bond acceptors (Lipinski definition) is 2. The Morgan fingerprint density at radius 2 is 2.36 bits per heavy atom. The quantitative estimate of drug-likeness (QED) is 0.652. The molecule has 0 saturated carbocycles. The SMILES string of the molecule is CCCc1[c]nn(C)c1OC. The zero-order chi connectivity index (χ0) is 8.27. The zero-order valence-corrected chi connectivity index (χ0v) is 7.22. The fraction of sp³-hybridized carbons (Fsp3) is 0.625. The van der Waals surface area contributed by atoms with Crippen molar-refractivity contribution < 1.29 is 4.74 Å². The lowest BCUT2D eigenvalue weighted by atomic mass is 10.2. The molecule has 1 aromatic heterocycles. The van der Waals surface area contributed by atoms with E-state index in [0.717, 1.165) is 24.3 Å². The van der Waals surface area contributed by atoms with E-state index < -0.39 is 0 Å². The van der Waals surface area contributed by atoms with Crippen LogP contribution in [0.4, 0.5) is 0 Å². The van der Waals surface area contributed by atoms with E-state index in [1.807, 2.05) is 7.05 Å². The van der Waals surface area contributed by atoms with Crippen molar-refractivity contribution in [2.24, 2.45) is 7.05 Å². The molecule has 0 aliphatic carbocycles. The molecule has 0 fully saturated rings. The molecule has 0 N–H and O–H groups in total. The van der Waals surface area contributed by atoms with Gasteiger partial charge in [-0.3, -0.25) is 0 Å². The number of aryl methyl sites for hydroxylation is 2. The minimum Gasteiger partial charge on any atom is -0.481 e. The highest BCUT2D eigenvalue weighted by Crippen LogP contribution is 2.16. The average molecular weight is 153 g/mol. The van der Waals surface area contributed by atoms with E-state index in [4.69, 9.17) is 4.74 Å². The number of hydrogen-bond donors (Lipinski definition) is 0. The zero-order valence-electron chi connectivity index (χ0n) is 7.22. The minimum absolute atomic E-state index is 0.826. The summed E-state index contributed by atoms with van der Waals surface area (Å²) in [5.74, 6) is 0.826. The Morgan fingerprint density at radius 3 is 2.91 bits per heavy atom. The van der Waals surface area contributed by atoms with Gasteiger partial charge in [0.25, 0.3) is 0 Å². The maximum absolute atomic E-state index is 5.14. The van der Waals surface area contributed by atoms with Gasteiger partial charge in [0.15, 0.2) is 0 Å². The molecule has 0 amide bonds. The van der Waals surface area contributed by atoms with Gasteiger partial charge in [-0.15, -0.1) is 0 Å². The first-order valence-corrected chi connectivity index (χ1v) is 3.77. The second-order valence-corrected chi connectivity index (χ2v) is 2.47. The summed E-state index contributed by atoms with van der Waals surface area (Å²) in [5.41, 5.74) is 1.07. The molecule has 1 rings (SSSR count). The summed E-state index contributed by atoms with van der Waals surface area (Å²) in [4.78, 5) is 0. The Hall–Kier alpha value is -0.990. The topological polar surface area (TPSA) is 27.1 Å². The van der Waals surface area contributed by atoms with Gasteiger partial charge in [0.05, 0.1) is 7.11 Å². The van der Waals surface area contributed by atoms with Crippen molar-refractivity contribution in [3.05, 3.63) is 11.8 Å². The number of nitrogens with zero attached hydrogens (tertiary/aromatic N) is 2. The van der Waals surface area contributed by atoms with Crippen LogP contribution >= 0.6 is 0 Å². The molecule has 0 bridgehead atoms. The molecule has 0 aliphatic heterocycles. The third-order valence-corrected chi connectivity index (χ3v) is 1.58. The van der Waals surface area contributed by atoms with Gasteiger partial charge in [0, 0.05) is 12.6 Å². The summed E-state index contributed by atoms with van der Waals surface area (Å²) < 4.78 is 6.84. The van der Waals surface area contributed by atoms with E-state index in [1.54, 1.807) is 11.8 Å². The van der Waals surface area contributed by atoms with Gasteiger partial charge in [0.2, 0.25) is 5.88 Å². The Bertz CT molecular complexity index is 230. The van der Waals surface area contributed by atoms with Crippen molar-refractivity contribution >= 4 is 0 Å². The van der Waals surface area contributed by atoms with Crippen molar-refractivity contribution in [3.63, 3.8) is 0 Å². The number of aromatic nitrogens is 2. The fourth-order valence-corrected chi connectivity index (χ4v) is 1.09. The Morgan fingerprint density at radius 1 is 1.64 bits per heavy atom. The van der Waals surface area contributed by atoms with Crippen LogP contribution in [0.15, 0.2) is 0 Å². The van der Waals surface area contributed by atoms with Gasteiger partial charge in [-0.1, -0.05) is 13.3 Å². The minimum atomic E-state index is 0.826. The normalized spacial score (nSPS) is 10.1. The molecule has 0 spiro atoms. The highest BCUT2D eigenvalue weighted by molar-refractivity contribution is 5.22. The molecule has 1 aromatic rings. The largest absolute Gasteiger partial charge is 0.481 e. The van der Waals surface area contributed by atoms with Crippen molar-refractivity contribution in [3.8, 4) is 5.88 Å². The van der Waals surface area contributed by atoms with Crippen LogP contribution < -0.4 is 4.74 Å². The maximum Gasteiger partial charge on any atom is 0.215 e. The summed E-state index contributed by atoms with van der Waals surface area (Å²) in [6, 6.07) is 0. The van der Waals surface area contributed by atoms with E-state index in [-0.39, 0.29) is 0 Å². The number of rotatable bonds is 3. The summed E-state index contributed by atoms with van der Waals surface area (Å²) in [6.45, 7) is 2.13. The summed E-state index contributed by atoms with van der Waals surface area (Å²) in [7, 11) is 3.51. The average Bonchev–Trinajstić information content (AvgIpc) is 2.33. The Kier molecular flexibility index (Phi) is 2.52. The van der Waals surface area contributed by atoms with E-state index in [0.29, 0.717) is 0 Å². The summed E-state index contributed by atoms with van der Waals surface area (Å²) >= 11 is 0. The second kappa shape index (κ2) is 3.42. The molecule has 0 unspecified atom stereocenters. The van der Waals surface area contributed by atoms with Gasteiger partial charge in [0.1, 0.15) is 6.20 Å². The lowest BCUT2D eigenvalue weighted by Crippen LogP contribution is -1.96. The molecule has 3 heteroatoms. The van der Waals surface area contributed by atoms with Gasteiger partial charge in [-0.25, -0.2) is 4.68 Å². The number of ether oxygens (including phenoxy) is 1. The first kappa shape index (κ1) is 8.11. The third-order valence-electron chi connectivity index (χ3n) is 1.58. The van der Waals surface area contributed by atoms with Crippen LogP contribution in [0, 0.1) is 6.20 Å². The highest BCUT2D eigenvalue weighted by Gasteiger charge is 2.06.